The predicted molar refractivity (Wildman–Crippen MR) is 82.0 cm³/mol. The topological polar surface area (TPSA) is 109 Å². The van der Waals surface area contributed by atoms with Crippen LogP contribution in [0.4, 0.5) is 0 Å². The maximum absolute atomic E-state index is 12.0. The number of hydrogen-bond acceptors (Lipinski definition) is 5. The first-order valence-corrected chi connectivity index (χ1v) is 8.75. The molecule has 8 heteroatoms. The quantitative estimate of drug-likeness (QED) is 0.718. The molecule has 0 bridgehead atoms. The second-order valence-corrected chi connectivity index (χ2v) is 7.07. The van der Waals surface area contributed by atoms with Gasteiger partial charge < -0.3 is 5.32 Å². The van der Waals surface area contributed by atoms with Gasteiger partial charge in [0, 0.05) is 19.4 Å². The van der Waals surface area contributed by atoms with Crippen molar-refractivity contribution in [2.45, 2.75) is 36.6 Å². The van der Waals surface area contributed by atoms with Crippen LogP contribution in [0, 0.1) is 0 Å². The first kappa shape index (κ1) is 17.3. The third kappa shape index (κ3) is 4.97. The van der Waals surface area contributed by atoms with E-state index >= 15 is 0 Å². The van der Waals surface area contributed by atoms with Crippen molar-refractivity contribution in [1.82, 2.24) is 10.0 Å². The summed E-state index contributed by atoms with van der Waals surface area (Å²) in [6.45, 7) is -0.0666. The van der Waals surface area contributed by atoms with Crippen molar-refractivity contribution < 1.29 is 22.8 Å². The molecule has 0 saturated heterocycles. The normalized spacial score (nSPS) is 18.7. The fraction of sp³-hybridized carbons (Fsp3) is 0.400. The number of sulfonamides is 1. The van der Waals surface area contributed by atoms with Crippen LogP contribution in [0.1, 0.15) is 25.7 Å². The first-order chi connectivity index (χ1) is 10.9. The van der Waals surface area contributed by atoms with E-state index in [4.69, 9.17) is 0 Å². The molecule has 1 aromatic rings. The van der Waals surface area contributed by atoms with Crippen LogP contribution in [-0.2, 0) is 24.4 Å². The monoisotopic (exact) mass is 338 g/mol. The zero-order valence-corrected chi connectivity index (χ0v) is 13.3. The second kappa shape index (κ2) is 7.47. The van der Waals surface area contributed by atoms with Gasteiger partial charge in [-0.2, -0.15) is 0 Å². The molecule has 0 heterocycles. The molecule has 1 aromatic carbocycles. The van der Waals surface area contributed by atoms with Crippen molar-refractivity contribution in [3.8, 4) is 0 Å². The Hall–Kier alpha value is -2.06. The summed E-state index contributed by atoms with van der Waals surface area (Å²) in [5.41, 5.74) is 0. The molecular weight excluding hydrogens is 320 g/mol. The Morgan fingerprint density at radius 1 is 1.17 bits per heavy atom. The number of carbonyl (C=O) groups is 3. The molecule has 1 aliphatic rings. The number of benzene rings is 1. The molecule has 1 unspecified atom stereocenters. The van der Waals surface area contributed by atoms with Crippen LogP contribution in [0.2, 0.25) is 0 Å². The average Bonchev–Trinajstić information content (AvgIpc) is 2.51. The highest BCUT2D eigenvalue weighted by Crippen LogP contribution is 2.12. The standard InChI is InChI=1S/C15H18N2O5S/c18-11-6-7-13(14(19)10-11)17-15(20)8-9-16-23(21,22)12-4-2-1-3-5-12/h1-5,13,16H,6-10H2,(H,17,20). The van der Waals surface area contributed by atoms with Crippen LogP contribution < -0.4 is 10.0 Å². The third-order valence-corrected chi connectivity index (χ3v) is 4.98. The Morgan fingerprint density at radius 3 is 2.52 bits per heavy atom. The minimum Gasteiger partial charge on any atom is -0.346 e. The number of amides is 1. The zero-order chi connectivity index (χ0) is 16.9. The van der Waals surface area contributed by atoms with Gasteiger partial charge in [0.15, 0.2) is 5.78 Å². The summed E-state index contributed by atoms with van der Waals surface area (Å²) in [6, 6.07) is 7.19. The van der Waals surface area contributed by atoms with Crippen LogP contribution in [-0.4, -0.2) is 38.5 Å². The van der Waals surface area contributed by atoms with Gasteiger partial charge in [-0.05, 0) is 18.6 Å². The number of nitrogens with one attached hydrogen (secondary N) is 2. The van der Waals surface area contributed by atoms with E-state index < -0.39 is 22.0 Å². The van der Waals surface area contributed by atoms with E-state index in [1.807, 2.05) is 0 Å². The third-order valence-electron chi connectivity index (χ3n) is 3.50. The van der Waals surface area contributed by atoms with Crippen molar-refractivity contribution in [2.24, 2.45) is 0 Å². The smallest absolute Gasteiger partial charge is 0.240 e. The Labute approximate surface area is 134 Å². The number of ketones is 2. The molecule has 1 atom stereocenters. The Bertz CT molecular complexity index is 700. The molecule has 1 amide bonds. The van der Waals surface area contributed by atoms with Gasteiger partial charge in [-0.25, -0.2) is 13.1 Å². The van der Waals surface area contributed by atoms with Crippen molar-refractivity contribution >= 4 is 27.5 Å². The highest BCUT2D eigenvalue weighted by atomic mass is 32.2. The fourth-order valence-electron chi connectivity index (χ4n) is 2.27. The molecule has 0 radical (unpaired) electrons. The molecule has 0 aromatic heterocycles. The van der Waals surface area contributed by atoms with Crippen LogP contribution in [0.5, 0.6) is 0 Å². The Balaban J connectivity index is 1.79. The lowest BCUT2D eigenvalue weighted by Crippen LogP contribution is -2.45. The lowest BCUT2D eigenvalue weighted by molar-refractivity contribution is -0.134. The van der Waals surface area contributed by atoms with Gasteiger partial charge in [-0.3, -0.25) is 14.4 Å². The maximum Gasteiger partial charge on any atom is 0.240 e. The second-order valence-electron chi connectivity index (χ2n) is 5.30. The van der Waals surface area contributed by atoms with Crippen LogP contribution >= 0.6 is 0 Å². The SMILES string of the molecule is O=C1CCC(NC(=O)CCNS(=O)(=O)c2ccccc2)C(=O)C1. The average molecular weight is 338 g/mol. The van der Waals surface area contributed by atoms with Gasteiger partial charge in [-0.15, -0.1) is 0 Å². The number of hydrogen-bond donors (Lipinski definition) is 2. The molecule has 23 heavy (non-hydrogen) atoms. The van der Waals surface area contributed by atoms with Gasteiger partial charge in [0.05, 0.1) is 17.4 Å². The molecule has 1 aliphatic carbocycles. The highest BCUT2D eigenvalue weighted by molar-refractivity contribution is 7.89. The van der Waals surface area contributed by atoms with E-state index in [9.17, 15) is 22.8 Å². The summed E-state index contributed by atoms with van der Waals surface area (Å²) in [7, 11) is -3.65. The summed E-state index contributed by atoms with van der Waals surface area (Å²) in [5, 5.41) is 2.54. The number of rotatable bonds is 6. The zero-order valence-electron chi connectivity index (χ0n) is 12.4. The van der Waals surface area contributed by atoms with E-state index in [1.165, 1.54) is 12.1 Å². The van der Waals surface area contributed by atoms with Crippen molar-refractivity contribution in [2.75, 3.05) is 6.54 Å². The van der Waals surface area contributed by atoms with Crippen molar-refractivity contribution in [1.29, 1.82) is 0 Å². The molecule has 1 saturated carbocycles. The fourth-order valence-corrected chi connectivity index (χ4v) is 3.33. The molecular formula is C15H18N2O5S. The lowest BCUT2D eigenvalue weighted by Gasteiger charge is -2.21. The molecule has 0 aliphatic heterocycles. The van der Waals surface area contributed by atoms with E-state index in [0.717, 1.165) is 0 Å². The molecule has 1 fully saturated rings. The van der Waals surface area contributed by atoms with Gasteiger partial charge in [0.2, 0.25) is 15.9 Å². The van der Waals surface area contributed by atoms with Gasteiger partial charge >= 0.3 is 0 Å². The van der Waals surface area contributed by atoms with Crippen LogP contribution in [0.25, 0.3) is 0 Å². The minimum atomic E-state index is -3.65. The van der Waals surface area contributed by atoms with E-state index in [0.29, 0.717) is 6.42 Å². The number of carbonyl (C=O) groups excluding carboxylic acids is 3. The maximum atomic E-state index is 12.0. The van der Waals surface area contributed by atoms with E-state index in [1.54, 1.807) is 18.2 Å². The molecule has 2 N–H and O–H groups in total. The van der Waals surface area contributed by atoms with Gasteiger partial charge in [0.1, 0.15) is 5.78 Å². The predicted octanol–water partition coefficient (Wildman–Crippen LogP) is 0.162. The minimum absolute atomic E-state index is 0.0666. The summed E-state index contributed by atoms with van der Waals surface area (Å²) in [4.78, 5) is 34.6. The number of Topliss-reactive ketones (excluding diaryl/α,β-unsaturated/α-hetero) is 2. The van der Waals surface area contributed by atoms with E-state index in [2.05, 4.69) is 10.0 Å². The Morgan fingerprint density at radius 2 is 1.87 bits per heavy atom. The lowest BCUT2D eigenvalue weighted by atomic mass is 9.93. The van der Waals surface area contributed by atoms with E-state index in [-0.39, 0.29) is 42.3 Å². The van der Waals surface area contributed by atoms with Crippen LogP contribution in [0.15, 0.2) is 35.2 Å². The largest absolute Gasteiger partial charge is 0.346 e. The molecule has 0 spiro atoms. The highest BCUT2D eigenvalue weighted by Gasteiger charge is 2.28. The van der Waals surface area contributed by atoms with Crippen LogP contribution in [0.3, 0.4) is 0 Å². The summed E-state index contributed by atoms with van der Waals surface area (Å²) >= 11 is 0. The van der Waals surface area contributed by atoms with Crippen molar-refractivity contribution in [3.05, 3.63) is 30.3 Å². The summed E-state index contributed by atoms with van der Waals surface area (Å²) in [6.07, 6.45) is 0.353. The Kier molecular flexibility index (Phi) is 5.62. The van der Waals surface area contributed by atoms with Gasteiger partial charge in [0.25, 0.3) is 0 Å². The molecule has 2 rings (SSSR count). The summed E-state index contributed by atoms with van der Waals surface area (Å²) < 4.78 is 26.2. The molecule has 124 valence electrons. The molecule has 7 nitrogen and oxygen atoms in total. The first-order valence-electron chi connectivity index (χ1n) is 7.27. The summed E-state index contributed by atoms with van der Waals surface area (Å²) in [5.74, 6) is -0.830. The van der Waals surface area contributed by atoms with Gasteiger partial charge in [-0.1, -0.05) is 18.2 Å². The van der Waals surface area contributed by atoms with Crippen molar-refractivity contribution in [3.63, 3.8) is 0 Å².